The summed E-state index contributed by atoms with van der Waals surface area (Å²) in [6.45, 7) is 2.45. The number of morpholine rings is 1. The molecule has 0 saturated carbocycles. The van der Waals surface area contributed by atoms with E-state index in [2.05, 4.69) is 10.2 Å². The summed E-state index contributed by atoms with van der Waals surface area (Å²) in [7, 11) is 0. The van der Waals surface area contributed by atoms with Crippen LogP contribution in [0.5, 0.6) is 0 Å². The predicted molar refractivity (Wildman–Crippen MR) is 103 cm³/mol. The normalized spacial score (nSPS) is 14.5. The quantitative estimate of drug-likeness (QED) is 0.647. The van der Waals surface area contributed by atoms with Crippen molar-refractivity contribution in [1.29, 1.82) is 0 Å². The molecule has 1 amide bonds. The maximum atomic E-state index is 13.2. The van der Waals surface area contributed by atoms with Crippen LogP contribution in [0, 0.1) is 5.82 Å². The van der Waals surface area contributed by atoms with E-state index < -0.39 is 0 Å². The number of ether oxygens (including phenoxy) is 1. The van der Waals surface area contributed by atoms with Gasteiger partial charge >= 0.3 is 0 Å². The van der Waals surface area contributed by atoms with Gasteiger partial charge in [-0.25, -0.2) is 4.39 Å². The second-order valence-electron chi connectivity index (χ2n) is 6.19. The van der Waals surface area contributed by atoms with Crippen molar-refractivity contribution >= 4 is 28.4 Å². The van der Waals surface area contributed by atoms with Crippen LogP contribution in [0.1, 0.15) is 0 Å². The minimum absolute atomic E-state index is 0.0804. The summed E-state index contributed by atoms with van der Waals surface area (Å²) in [6.07, 6.45) is 0. The van der Waals surface area contributed by atoms with Gasteiger partial charge in [-0.15, -0.1) is 10.2 Å². The van der Waals surface area contributed by atoms with Gasteiger partial charge in [0, 0.05) is 29.4 Å². The minimum Gasteiger partial charge on any atom is -0.378 e. The van der Waals surface area contributed by atoms with Gasteiger partial charge in [0.05, 0.1) is 19.0 Å². The van der Waals surface area contributed by atoms with Crippen LogP contribution in [0.15, 0.2) is 53.6 Å². The van der Waals surface area contributed by atoms with E-state index in [1.54, 1.807) is 12.1 Å². The molecule has 1 fully saturated rings. The Hall–Kier alpha value is -2.51. The first-order valence-corrected chi connectivity index (χ1v) is 9.70. The zero-order valence-corrected chi connectivity index (χ0v) is 15.4. The van der Waals surface area contributed by atoms with E-state index in [0.717, 1.165) is 21.4 Å². The molecule has 2 aromatic carbocycles. The van der Waals surface area contributed by atoms with Crippen LogP contribution < -0.4 is 0 Å². The van der Waals surface area contributed by atoms with E-state index >= 15 is 0 Å². The number of hydrogen-bond acceptors (Lipinski definition) is 5. The van der Waals surface area contributed by atoms with Crippen LogP contribution in [0.2, 0.25) is 0 Å². The average molecular weight is 383 g/mol. The van der Waals surface area contributed by atoms with Crippen molar-refractivity contribution in [2.75, 3.05) is 32.1 Å². The second kappa shape index (κ2) is 8.02. The lowest BCUT2D eigenvalue weighted by Crippen LogP contribution is -2.41. The SMILES string of the molecule is O=C(CSc1nnc(-c2ccc(F)cc2)c2ccccc12)N1CCOCC1. The summed E-state index contributed by atoms with van der Waals surface area (Å²) in [6, 6.07) is 14.0. The Balaban J connectivity index is 1.60. The molecule has 0 N–H and O–H groups in total. The molecule has 5 nitrogen and oxygen atoms in total. The van der Waals surface area contributed by atoms with Gasteiger partial charge < -0.3 is 9.64 Å². The first-order valence-electron chi connectivity index (χ1n) is 8.72. The Morgan fingerprint density at radius 2 is 1.74 bits per heavy atom. The highest BCUT2D eigenvalue weighted by Crippen LogP contribution is 2.31. The molecule has 0 radical (unpaired) electrons. The van der Waals surface area contributed by atoms with Gasteiger partial charge in [-0.2, -0.15) is 0 Å². The third-order valence-electron chi connectivity index (χ3n) is 4.47. The molecule has 1 saturated heterocycles. The summed E-state index contributed by atoms with van der Waals surface area (Å²) in [5.41, 5.74) is 1.51. The number of rotatable bonds is 4. The molecule has 0 aliphatic carbocycles. The lowest BCUT2D eigenvalue weighted by molar-refractivity contribution is -0.132. The number of carbonyl (C=O) groups excluding carboxylic acids is 1. The van der Waals surface area contributed by atoms with Crippen LogP contribution in [0.25, 0.3) is 22.0 Å². The summed E-state index contributed by atoms with van der Waals surface area (Å²) in [4.78, 5) is 14.2. The third-order valence-corrected chi connectivity index (χ3v) is 5.43. The largest absolute Gasteiger partial charge is 0.378 e. The molecule has 7 heteroatoms. The average Bonchev–Trinajstić information content (AvgIpc) is 2.73. The van der Waals surface area contributed by atoms with Crippen molar-refractivity contribution < 1.29 is 13.9 Å². The molecule has 1 aliphatic rings. The molecular weight excluding hydrogens is 365 g/mol. The van der Waals surface area contributed by atoms with Gasteiger partial charge in [0.1, 0.15) is 16.5 Å². The fraction of sp³-hybridized carbons (Fsp3) is 0.250. The fourth-order valence-corrected chi connectivity index (χ4v) is 3.92. The summed E-state index contributed by atoms with van der Waals surface area (Å²) >= 11 is 1.39. The Labute approximate surface area is 160 Å². The van der Waals surface area contributed by atoms with Crippen LogP contribution >= 0.6 is 11.8 Å². The van der Waals surface area contributed by atoms with Gasteiger partial charge in [-0.05, 0) is 24.3 Å². The van der Waals surface area contributed by atoms with Crippen molar-refractivity contribution in [2.45, 2.75) is 5.03 Å². The zero-order chi connectivity index (χ0) is 18.6. The van der Waals surface area contributed by atoms with Crippen molar-refractivity contribution in [2.24, 2.45) is 0 Å². The zero-order valence-electron chi connectivity index (χ0n) is 14.6. The van der Waals surface area contributed by atoms with Crippen molar-refractivity contribution in [3.8, 4) is 11.3 Å². The topological polar surface area (TPSA) is 55.3 Å². The van der Waals surface area contributed by atoms with Crippen molar-refractivity contribution in [1.82, 2.24) is 15.1 Å². The number of amides is 1. The van der Waals surface area contributed by atoms with E-state index in [9.17, 15) is 9.18 Å². The summed E-state index contributed by atoms with van der Waals surface area (Å²) < 4.78 is 18.5. The standard InChI is InChI=1S/C20H18FN3O2S/c21-15-7-5-14(6-8-15)19-16-3-1-2-4-17(16)20(23-22-19)27-13-18(25)24-9-11-26-12-10-24/h1-8H,9-13H2. The Bertz CT molecular complexity index is 959. The van der Waals surface area contributed by atoms with Gasteiger partial charge in [0.25, 0.3) is 0 Å². The molecule has 0 atom stereocenters. The van der Waals surface area contributed by atoms with Gasteiger partial charge in [-0.1, -0.05) is 36.0 Å². The Kier molecular flexibility index (Phi) is 5.31. The van der Waals surface area contributed by atoms with E-state index in [0.29, 0.717) is 37.8 Å². The maximum absolute atomic E-state index is 13.2. The van der Waals surface area contributed by atoms with Crippen LogP contribution in [-0.2, 0) is 9.53 Å². The second-order valence-corrected chi connectivity index (χ2v) is 7.15. The summed E-state index contributed by atoms with van der Waals surface area (Å²) in [5, 5.41) is 11.3. The molecule has 27 heavy (non-hydrogen) atoms. The van der Waals surface area contributed by atoms with E-state index in [1.165, 1.54) is 23.9 Å². The molecule has 3 aromatic rings. The van der Waals surface area contributed by atoms with Gasteiger partial charge in [0.15, 0.2) is 0 Å². The molecule has 138 valence electrons. The lowest BCUT2D eigenvalue weighted by atomic mass is 10.1. The van der Waals surface area contributed by atoms with E-state index in [1.807, 2.05) is 29.2 Å². The van der Waals surface area contributed by atoms with Crippen LogP contribution in [0.4, 0.5) is 4.39 Å². The molecular formula is C20H18FN3O2S. The number of aromatic nitrogens is 2. The predicted octanol–water partition coefficient (Wildman–Crippen LogP) is 3.39. The van der Waals surface area contributed by atoms with Crippen LogP contribution in [0.3, 0.4) is 0 Å². The number of carbonyl (C=O) groups is 1. The van der Waals surface area contributed by atoms with Crippen molar-refractivity contribution in [3.05, 3.63) is 54.3 Å². The lowest BCUT2D eigenvalue weighted by Gasteiger charge is -2.26. The first-order chi connectivity index (χ1) is 13.2. The van der Waals surface area contributed by atoms with E-state index in [-0.39, 0.29) is 11.7 Å². The first kappa shape index (κ1) is 17.9. The third kappa shape index (κ3) is 3.94. The molecule has 0 spiro atoms. The number of nitrogens with zero attached hydrogens (tertiary/aromatic N) is 3. The maximum Gasteiger partial charge on any atom is 0.233 e. The number of halogens is 1. The Morgan fingerprint density at radius 1 is 1.04 bits per heavy atom. The Morgan fingerprint density at radius 3 is 2.48 bits per heavy atom. The van der Waals surface area contributed by atoms with Gasteiger partial charge in [-0.3, -0.25) is 4.79 Å². The molecule has 2 heterocycles. The van der Waals surface area contributed by atoms with Gasteiger partial charge in [0.2, 0.25) is 5.91 Å². The number of fused-ring (bicyclic) bond motifs is 1. The van der Waals surface area contributed by atoms with Crippen molar-refractivity contribution in [3.63, 3.8) is 0 Å². The highest BCUT2D eigenvalue weighted by atomic mass is 32.2. The smallest absolute Gasteiger partial charge is 0.233 e. The molecule has 0 bridgehead atoms. The monoisotopic (exact) mass is 383 g/mol. The summed E-state index contributed by atoms with van der Waals surface area (Å²) in [5.74, 6) is 0.107. The molecule has 1 aliphatic heterocycles. The van der Waals surface area contributed by atoms with Crippen LogP contribution in [-0.4, -0.2) is 53.1 Å². The fourth-order valence-electron chi connectivity index (χ4n) is 3.04. The molecule has 1 aromatic heterocycles. The highest BCUT2D eigenvalue weighted by molar-refractivity contribution is 8.00. The number of hydrogen-bond donors (Lipinski definition) is 0. The highest BCUT2D eigenvalue weighted by Gasteiger charge is 2.18. The molecule has 0 unspecified atom stereocenters. The number of benzene rings is 2. The molecule has 4 rings (SSSR count). The minimum atomic E-state index is -0.287. The number of thioether (sulfide) groups is 1. The van der Waals surface area contributed by atoms with E-state index in [4.69, 9.17) is 4.74 Å².